The van der Waals surface area contributed by atoms with Gasteiger partial charge in [0.2, 0.25) is 6.79 Å². The SMILES string of the molecule is Cc1cccc(OCOc2ccccc2N)c1N. The van der Waals surface area contributed by atoms with E-state index in [9.17, 15) is 0 Å². The van der Waals surface area contributed by atoms with Gasteiger partial charge in [-0.05, 0) is 30.7 Å². The molecule has 4 nitrogen and oxygen atoms in total. The quantitative estimate of drug-likeness (QED) is 0.640. The summed E-state index contributed by atoms with van der Waals surface area (Å²) in [6.45, 7) is 2.00. The summed E-state index contributed by atoms with van der Waals surface area (Å²) in [6, 6.07) is 12.9. The average Bonchev–Trinajstić information content (AvgIpc) is 2.37. The summed E-state index contributed by atoms with van der Waals surface area (Å²) >= 11 is 0. The van der Waals surface area contributed by atoms with Crippen molar-refractivity contribution in [3.8, 4) is 11.5 Å². The molecule has 4 N–H and O–H groups in total. The Bertz CT molecular complexity index is 541. The molecule has 0 spiro atoms. The lowest BCUT2D eigenvalue weighted by Crippen LogP contribution is -2.08. The lowest BCUT2D eigenvalue weighted by Gasteiger charge is -2.12. The number of hydrogen-bond acceptors (Lipinski definition) is 4. The van der Waals surface area contributed by atoms with E-state index in [1.165, 1.54) is 0 Å². The fourth-order valence-electron chi connectivity index (χ4n) is 1.55. The van der Waals surface area contributed by atoms with Crippen molar-refractivity contribution in [3.05, 3.63) is 48.0 Å². The summed E-state index contributed by atoms with van der Waals surface area (Å²) in [5, 5.41) is 0. The first kappa shape index (κ1) is 12.1. The van der Waals surface area contributed by atoms with Crippen LogP contribution in [0.1, 0.15) is 5.56 Å². The molecular weight excluding hydrogens is 228 g/mol. The molecule has 0 radical (unpaired) electrons. The molecule has 4 heteroatoms. The van der Waals surface area contributed by atoms with Crippen molar-refractivity contribution in [2.75, 3.05) is 18.3 Å². The molecule has 94 valence electrons. The minimum absolute atomic E-state index is 0.0713. The minimum atomic E-state index is 0.0713. The van der Waals surface area contributed by atoms with Crippen molar-refractivity contribution in [1.82, 2.24) is 0 Å². The van der Waals surface area contributed by atoms with Crippen molar-refractivity contribution in [2.45, 2.75) is 6.92 Å². The van der Waals surface area contributed by atoms with Crippen molar-refractivity contribution in [3.63, 3.8) is 0 Å². The Labute approximate surface area is 106 Å². The lowest BCUT2D eigenvalue weighted by molar-refractivity contribution is 0.121. The van der Waals surface area contributed by atoms with Crippen LogP contribution in [0.3, 0.4) is 0 Å². The van der Waals surface area contributed by atoms with Gasteiger partial charge in [0, 0.05) is 0 Å². The van der Waals surface area contributed by atoms with E-state index >= 15 is 0 Å². The van der Waals surface area contributed by atoms with Gasteiger partial charge in [0.15, 0.2) is 0 Å². The molecule has 0 saturated carbocycles. The molecule has 0 fully saturated rings. The number of aryl methyl sites for hydroxylation is 1. The molecule has 0 aliphatic carbocycles. The summed E-state index contributed by atoms with van der Waals surface area (Å²) in [5.74, 6) is 1.22. The second-order valence-corrected chi connectivity index (χ2v) is 3.93. The van der Waals surface area contributed by atoms with Gasteiger partial charge in [-0.15, -0.1) is 0 Å². The smallest absolute Gasteiger partial charge is 0.231 e. The van der Waals surface area contributed by atoms with Crippen LogP contribution in [0, 0.1) is 6.92 Å². The van der Waals surface area contributed by atoms with Crippen molar-refractivity contribution >= 4 is 11.4 Å². The Morgan fingerprint density at radius 2 is 1.56 bits per heavy atom. The third-order valence-corrected chi connectivity index (χ3v) is 2.63. The molecule has 0 saturated heterocycles. The molecule has 18 heavy (non-hydrogen) atoms. The number of nitrogen functional groups attached to an aromatic ring is 2. The first-order chi connectivity index (χ1) is 8.68. The molecule has 2 aromatic rings. The van der Waals surface area contributed by atoms with Crippen molar-refractivity contribution in [2.24, 2.45) is 0 Å². The second kappa shape index (κ2) is 5.31. The number of ether oxygens (including phenoxy) is 2. The van der Waals surface area contributed by atoms with E-state index in [-0.39, 0.29) is 6.79 Å². The first-order valence-electron chi connectivity index (χ1n) is 5.63. The molecule has 0 unspecified atom stereocenters. The molecule has 0 aromatic heterocycles. The zero-order chi connectivity index (χ0) is 13.0. The van der Waals surface area contributed by atoms with Crippen LogP contribution in [-0.2, 0) is 0 Å². The van der Waals surface area contributed by atoms with Crippen LogP contribution in [0.15, 0.2) is 42.5 Å². The molecule has 0 amide bonds. The maximum absolute atomic E-state index is 5.89. The van der Waals surface area contributed by atoms with Crippen LogP contribution < -0.4 is 20.9 Å². The van der Waals surface area contributed by atoms with Gasteiger partial charge in [0.05, 0.1) is 11.4 Å². The summed E-state index contributed by atoms with van der Waals surface area (Å²) in [5.41, 5.74) is 13.8. The molecule has 0 heterocycles. The Kier molecular flexibility index (Phi) is 3.57. The highest BCUT2D eigenvalue weighted by Crippen LogP contribution is 2.25. The summed E-state index contributed by atoms with van der Waals surface area (Å²) in [6.07, 6.45) is 0. The number of hydrogen-bond donors (Lipinski definition) is 2. The molecule has 2 aromatic carbocycles. The third kappa shape index (κ3) is 2.66. The van der Waals surface area contributed by atoms with E-state index in [2.05, 4.69) is 0 Å². The topological polar surface area (TPSA) is 70.5 Å². The van der Waals surface area contributed by atoms with Gasteiger partial charge >= 0.3 is 0 Å². The Morgan fingerprint density at radius 1 is 0.889 bits per heavy atom. The number of para-hydroxylation sites is 3. The summed E-state index contributed by atoms with van der Waals surface area (Å²) < 4.78 is 10.9. The number of rotatable bonds is 4. The van der Waals surface area contributed by atoms with Crippen molar-refractivity contribution < 1.29 is 9.47 Å². The zero-order valence-electron chi connectivity index (χ0n) is 10.2. The van der Waals surface area contributed by atoms with Gasteiger partial charge in [-0.2, -0.15) is 0 Å². The van der Waals surface area contributed by atoms with Gasteiger partial charge in [-0.3, -0.25) is 0 Å². The summed E-state index contributed by atoms with van der Waals surface area (Å²) in [4.78, 5) is 0. The highest BCUT2D eigenvalue weighted by Gasteiger charge is 2.03. The predicted molar refractivity (Wildman–Crippen MR) is 72.6 cm³/mol. The number of benzene rings is 2. The Hall–Kier alpha value is -2.36. The molecule has 2 rings (SSSR count). The van der Waals surface area contributed by atoms with E-state index in [1.807, 2.05) is 31.2 Å². The second-order valence-electron chi connectivity index (χ2n) is 3.93. The minimum Gasteiger partial charge on any atom is -0.455 e. The normalized spacial score (nSPS) is 10.1. The van der Waals surface area contributed by atoms with Gasteiger partial charge < -0.3 is 20.9 Å². The fraction of sp³-hybridized carbons (Fsp3) is 0.143. The van der Waals surface area contributed by atoms with Crippen LogP contribution in [0.5, 0.6) is 11.5 Å². The molecular formula is C14H16N2O2. The lowest BCUT2D eigenvalue weighted by atomic mass is 10.2. The molecule has 0 aliphatic rings. The van der Waals surface area contributed by atoms with Crippen LogP contribution in [-0.4, -0.2) is 6.79 Å². The van der Waals surface area contributed by atoms with Crippen LogP contribution in [0.4, 0.5) is 11.4 Å². The van der Waals surface area contributed by atoms with E-state index in [1.54, 1.807) is 18.2 Å². The largest absolute Gasteiger partial charge is 0.455 e. The molecule has 0 atom stereocenters. The molecule has 0 bridgehead atoms. The summed E-state index contributed by atoms with van der Waals surface area (Å²) in [7, 11) is 0. The molecule has 0 aliphatic heterocycles. The van der Waals surface area contributed by atoms with Gasteiger partial charge in [-0.25, -0.2) is 0 Å². The fourth-order valence-corrected chi connectivity index (χ4v) is 1.55. The Morgan fingerprint density at radius 3 is 2.33 bits per heavy atom. The van der Waals surface area contributed by atoms with E-state index in [0.29, 0.717) is 22.9 Å². The maximum Gasteiger partial charge on any atom is 0.231 e. The standard InChI is InChI=1S/C14H16N2O2/c1-10-5-4-8-13(14(10)16)18-9-17-12-7-3-2-6-11(12)15/h2-8H,9,15-16H2,1H3. The van der Waals surface area contributed by atoms with Crippen LogP contribution >= 0.6 is 0 Å². The maximum atomic E-state index is 5.89. The number of nitrogens with two attached hydrogens (primary N) is 2. The monoisotopic (exact) mass is 244 g/mol. The van der Waals surface area contributed by atoms with E-state index in [0.717, 1.165) is 5.56 Å². The zero-order valence-corrected chi connectivity index (χ0v) is 10.2. The van der Waals surface area contributed by atoms with Crippen LogP contribution in [0.25, 0.3) is 0 Å². The van der Waals surface area contributed by atoms with Gasteiger partial charge in [0.1, 0.15) is 11.5 Å². The van der Waals surface area contributed by atoms with E-state index < -0.39 is 0 Å². The van der Waals surface area contributed by atoms with Gasteiger partial charge in [0.25, 0.3) is 0 Å². The Balaban J connectivity index is 1.97. The third-order valence-electron chi connectivity index (χ3n) is 2.63. The first-order valence-corrected chi connectivity index (χ1v) is 5.63. The highest BCUT2D eigenvalue weighted by molar-refractivity contribution is 5.57. The van der Waals surface area contributed by atoms with Gasteiger partial charge in [-0.1, -0.05) is 24.3 Å². The van der Waals surface area contributed by atoms with E-state index in [4.69, 9.17) is 20.9 Å². The average molecular weight is 244 g/mol. The predicted octanol–water partition coefficient (Wildman–Crippen LogP) is 2.57. The number of anilines is 2. The van der Waals surface area contributed by atoms with Crippen LogP contribution in [0.2, 0.25) is 0 Å². The van der Waals surface area contributed by atoms with Crippen molar-refractivity contribution in [1.29, 1.82) is 0 Å². The highest BCUT2D eigenvalue weighted by atomic mass is 16.7.